The average molecular weight is 537 g/mol. The molecule has 1 atom stereocenters. The molecule has 0 N–H and O–H groups in total. The number of carbonyl (C=O) groups is 2. The minimum Gasteiger partial charge on any atom is -0.496 e. The lowest BCUT2D eigenvalue weighted by molar-refractivity contribution is 0.101. The Hall–Kier alpha value is -3.94. The lowest BCUT2D eigenvalue weighted by atomic mass is 10.0. The maximum atomic E-state index is 14.1. The maximum absolute atomic E-state index is 14.1. The van der Waals surface area contributed by atoms with E-state index in [0.717, 1.165) is 48.6 Å². The van der Waals surface area contributed by atoms with E-state index in [4.69, 9.17) is 14.2 Å². The van der Waals surface area contributed by atoms with Gasteiger partial charge in [0.05, 0.1) is 18.4 Å². The van der Waals surface area contributed by atoms with Crippen LogP contribution in [0.15, 0.2) is 60.9 Å². The molecule has 208 valence electrons. The summed E-state index contributed by atoms with van der Waals surface area (Å²) in [6.07, 6.45) is 6.95. The van der Waals surface area contributed by atoms with Gasteiger partial charge >= 0.3 is 6.09 Å². The van der Waals surface area contributed by atoms with Crippen molar-refractivity contribution in [2.45, 2.75) is 72.1 Å². The molecule has 0 saturated heterocycles. The fourth-order valence-corrected chi connectivity index (χ4v) is 4.55. The van der Waals surface area contributed by atoms with Gasteiger partial charge in [-0.15, -0.1) is 0 Å². The van der Waals surface area contributed by atoms with Crippen LogP contribution in [-0.2, 0) is 11.3 Å². The summed E-state index contributed by atoms with van der Waals surface area (Å²) < 4.78 is 30.1. The number of nitrogens with zero attached hydrogens (tertiary/aromatic N) is 2. The van der Waals surface area contributed by atoms with Crippen LogP contribution in [0.1, 0.15) is 81.0 Å². The summed E-state index contributed by atoms with van der Waals surface area (Å²) in [5.41, 5.74) is 3.20. The number of aromatic nitrogens is 1. The van der Waals surface area contributed by atoms with Crippen molar-refractivity contribution in [1.82, 2.24) is 4.98 Å². The average Bonchev–Trinajstić information content (AvgIpc) is 2.94. The number of ketones is 1. The number of anilines is 1. The summed E-state index contributed by atoms with van der Waals surface area (Å²) in [6, 6.07) is 14.4. The molecule has 1 aliphatic rings. The number of para-hydroxylation sites is 1. The van der Waals surface area contributed by atoms with Crippen LogP contribution < -0.4 is 14.4 Å². The number of cyclic esters (lactones) is 1. The summed E-state index contributed by atoms with van der Waals surface area (Å²) in [5, 5.41) is 0. The first-order valence-electron chi connectivity index (χ1n) is 13.3. The SMILES string of the molecule is CCCC(CCC)N1C(=O)OCc2ccccc21.COc1cc(O[C@H](C)c2ccncc2)c(F)cc1C(C)=O. The third kappa shape index (κ3) is 7.56. The first-order valence-corrected chi connectivity index (χ1v) is 13.3. The number of amides is 1. The summed E-state index contributed by atoms with van der Waals surface area (Å²) in [6.45, 7) is 7.88. The second kappa shape index (κ2) is 14.3. The van der Waals surface area contributed by atoms with Gasteiger partial charge in [-0.2, -0.15) is 0 Å². The predicted molar refractivity (Wildman–Crippen MR) is 149 cm³/mol. The van der Waals surface area contributed by atoms with E-state index in [1.807, 2.05) is 29.2 Å². The van der Waals surface area contributed by atoms with Crippen LogP contribution >= 0.6 is 0 Å². The van der Waals surface area contributed by atoms with Gasteiger partial charge in [0.2, 0.25) is 0 Å². The fraction of sp³-hybridized carbons (Fsp3) is 0.387. The van der Waals surface area contributed by atoms with Gasteiger partial charge in [-0.05, 0) is 56.5 Å². The number of fused-ring (bicyclic) bond motifs is 1. The van der Waals surface area contributed by atoms with Gasteiger partial charge in [0, 0.05) is 30.1 Å². The molecule has 0 unspecified atom stereocenters. The highest BCUT2D eigenvalue weighted by Crippen LogP contribution is 2.32. The molecule has 8 heteroatoms. The van der Waals surface area contributed by atoms with Crippen molar-refractivity contribution in [3.05, 3.63) is 83.4 Å². The van der Waals surface area contributed by atoms with E-state index in [9.17, 15) is 14.0 Å². The lowest BCUT2D eigenvalue weighted by Crippen LogP contribution is -2.43. The Bertz CT molecular complexity index is 1240. The minimum absolute atomic E-state index is 0.0427. The monoisotopic (exact) mass is 536 g/mol. The Morgan fingerprint density at radius 3 is 2.36 bits per heavy atom. The first-order chi connectivity index (χ1) is 18.8. The van der Waals surface area contributed by atoms with Gasteiger partial charge in [-0.3, -0.25) is 14.7 Å². The van der Waals surface area contributed by atoms with Crippen LogP contribution in [0.4, 0.5) is 14.9 Å². The largest absolute Gasteiger partial charge is 0.496 e. The molecule has 0 radical (unpaired) electrons. The highest BCUT2D eigenvalue weighted by molar-refractivity contribution is 5.97. The van der Waals surface area contributed by atoms with Gasteiger partial charge in [0.25, 0.3) is 0 Å². The zero-order valence-corrected chi connectivity index (χ0v) is 23.3. The van der Waals surface area contributed by atoms with Crippen molar-refractivity contribution in [3.63, 3.8) is 0 Å². The fourth-order valence-electron chi connectivity index (χ4n) is 4.55. The van der Waals surface area contributed by atoms with Crippen LogP contribution in [0.3, 0.4) is 0 Å². The molecule has 0 saturated carbocycles. The van der Waals surface area contributed by atoms with E-state index in [0.29, 0.717) is 12.4 Å². The summed E-state index contributed by atoms with van der Waals surface area (Å²) >= 11 is 0. The molecule has 1 aromatic heterocycles. The van der Waals surface area contributed by atoms with Crippen molar-refractivity contribution < 1.29 is 28.2 Å². The van der Waals surface area contributed by atoms with Gasteiger partial charge in [0.1, 0.15) is 18.5 Å². The quantitative estimate of drug-likeness (QED) is 0.247. The molecule has 0 bridgehead atoms. The third-order valence-corrected chi connectivity index (χ3v) is 6.52. The Balaban J connectivity index is 0.000000218. The Morgan fingerprint density at radius 2 is 1.74 bits per heavy atom. The molecular weight excluding hydrogens is 499 g/mol. The maximum Gasteiger partial charge on any atom is 0.414 e. The van der Waals surface area contributed by atoms with Gasteiger partial charge < -0.3 is 14.2 Å². The van der Waals surface area contributed by atoms with Crippen LogP contribution in [0.25, 0.3) is 0 Å². The van der Waals surface area contributed by atoms with Crippen molar-refractivity contribution in [2.24, 2.45) is 0 Å². The number of Topliss-reactive ketones (excluding diaryl/α,β-unsaturated/α-hetero) is 1. The van der Waals surface area contributed by atoms with E-state index >= 15 is 0 Å². The number of hydrogen-bond acceptors (Lipinski definition) is 6. The van der Waals surface area contributed by atoms with Crippen molar-refractivity contribution in [2.75, 3.05) is 12.0 Å². The molecule has 2 aromatic carbocycles. The normalized spacial score (nSPS) is 13.1. The number of rotatable bonds is 10. The van der Waals surface area contributed by atoms with Crippen LogP contribution in [-0.4, -0.2) is 30.0 Å². The molecular formula is C31H37FN2O5. The van der Waals surface area contributed by atoms with Crippen molar-refractivity contribution in [3.8, 4) is 11.5 Å². The van der Waals surface area contributed by atoms with E-state index in [2.05, 4.69) is 18.8 Å². The van der Waals surface area contributed by atoms with Crippen LogP contribution in [0.5, 0.6) is 11.5 Å². The van der Waals surface area contributed by atoms with E-state index in [1.54, 1.807) is 31.5 Å². The number of ether oxygens (including phenoxy) is 3. The third-order valence-electron chi connectivity index (χ3n) is 6.52. The zero-order chi connectivity index (χ0) is 28.4. The number of carbonyl (C=O) groups excluding carboxylic acids is 2. The molecule has 4 rings (SSSR count). The Labute approximate surface area is 229 Å². The van der Waals surface area contributed by atoms with E-state index < -0.39 is 5.82 Å². The smallest absolute Gasteiger partial charge is 0.414 e. The molecule has 1 aliphatic heterocycles. The standard InChI is InChI=1S/C16H16FNO3.C15H21NO2/c1-10(19)13-8-14(17)16(9-15(13)20-3)21-11(2)12-4-6-18-7-5-12;1-3-7-13(8-4-2)16-14-10-6-5-9-12(14)11-18-15(16)17/h4-9,11H,1-3H3;5-6,9-10,13H,3-4,7-8,11H2,1-2H3/t11-;/m1./s1. The number of benzene rings is 2. The number of methoxy groups -OCH3 is 1. The molecule has 7 nitrogen and oxygen atoms in total. The van der Waals surface area contributed by atoms with Crippen molar-refractivity contribution >= 4 is 17.6 Å². The minimum atomic E-state index is -0.595. The molecule has 2 heterocycles. The Kier molecular flexibility index (Phi) is 10.8. The number of hydrogen-bond donors (Lipinski definition) is 0. The second-order valence-electron chi connectivity index (χ2n) is 9.36. The predicted octanol–water partition coefficient (Wildman–Crippen LogP) is 7.68. The first kappa shape index (κ1) is 29.6. The summed E-state index contributed by atoms with van der Waals surface area (Å²) in [4.78, 5) is 29.3. The highest BCUT2D eigenvalue weighted by Gasteiger charge is 2.30. The molecule has 0 fully saturated rings. The highest BCUT2D eigenvalue weighted by atomic mass is 19.1. The molecule has 0 spiro atoms. The van der Waals surface area contributed by atoms with E-state index in [-0.39, 0.29) is 35.3 Å². The van der Waals surface area contributed by atoms with Gasteiger partial charge in [-0.25, -0.2) is 9.18 Å². The van der Waals surface area contributed by atoms with Crippen LogP contribution in [0, 0.1) is 5.82 Å². The lowest BCUT2D eigenvalue weighted by Gasteiger charge is -2.35. The van der Waals surface area contributed by atoms with Crippen LogP contribution in [0.2, 0.25) is 0 Å². The zero-order valence-electron chi connectivity index (χ0n) is 23.3. The summed E-state index contributed by atoms with van der Waals surface area (Å²) in [7, 11) is 1.43. The number of pyridine rings is 1. The van der Waals surface area contributed by atoms with Gasteiger partial charge in [0.15, 0.2) is 17.3 Å². The molecule has 3 aromatic rings. The number of halogens is 1. The molecule has 39 heavy (non-hydrogen) atoms. The van der Waals surface area contributed by atoms with Crippen molar-refractivity contribution in [1.29, 1.82) is 0 Å². The van der Waals surface area contributed by atoms with Gasteiger partial charge in [-0.1, -0.05) is 44.9 Å². The van der Waals surface area contributed by atoms with E-state index in [1.165, 1.54) is 20.1 Å². The molecule has 0 aliphatic carbocycles. The Morgan fingerprint density at radius 1 is 1.08 bits per heavy atom. The topological polar surface area (TPSA) is 78.0 Å². The second-order valence-corrected chi connectivity index (χ2v) is 9.36. The summed E-state index contributed by atoms with van der Waals surface area (Å²) in [5.74, 6) is -0.525. The molecule has 1 amide bonds.